The predicted molar refractivity (Wildman–Crippen MR) is 117 cm³/mol. The van der Waals surface area contributed by atoms with Crippen molar-refractivity contribution in [3.8, 4) is 11.4 Å². The number of para-hydroxylation sites is 1. The molecule has 0 radical (unpaired) electrons. The number of fused-ring (bicyclic) bond motifs is 5. The lowest BCUT2D eigenvalue weighted by atomic mass is 9.62. The Morgan fingerprint density at radius 2 is 1.84 bits per heavy atom. The molecule has 0 aliphatic heterocycles. The summed E-state index contributed by atoms with van der Waals surface area (Å²) >= 11 is 0. The van der Waals surface area contributed by atoms with Crippen molar-refractivity contribution in [3.05, 3.63) is 48.3 Å². The van der Waals surface area contributed by atoms with Crippen LogP contribution in [0.15, 0.2) is 36.7 Å². The molecule has 2 N–H and O–H groups in total. The average molecular weight is 419 g/mol. The minimum Gasteiger partial charge on any atom is -0.366 e. The number of nitrogens with one attached hydrogen (secondary N) is 2. The third kappa shape index (κ3) is 2.98. The van der Waals surface area contributed by atoms with Crippen molar-refractivity contribution in [2.45, 2.75) is 38.6 Å². The van der Waals surface area contributed by atoms with Gasteiger partial charge in [0.2, 0.25) is 0 Å². The van der Waals surface area contributed by atoms with Gasteiger partial charge in [-0.15, -0.1) is 0 Å². The highest BCUT2D eigenvalue weighted by atomic mass is 19.1. The van der Waals surface area contributed by atoms with E-state index in [1.54, 1.807) is 12.3 Å². The average Bonchev–Trinajstić information content (AvgIpc) is 3.20. The Morgan fingerprint density at radius 3 is 2.65 bits per heavy atom. The van der Waals surface area contributed by atoms with E-state index >= 15 is 0 Å². The molecule has 1 aromatic carbocycles. The van der Waals surface area contributed by atoms with Gasteiger partial charge in [0.15, 0.2) is 5.82 Å². The fourth-order valence-corrected chi connectivity index (χ4v) is 5.67. The fourth-order valence-electron chi connectivity index (χ4n) is 5.67. The molecule has 7 heteroatoms. The molecule has 0 saturated heterocycles. The SMILES string of the molecule is C[C@H]1C2CCC(CC2)[C@@H]1Nc1nc(-c2c[nH]c3ncc(F)cc23)nc2c(F)cccc12. The monoisotopic (exact) mass is 419 g/mol. The topological polar surface area (TPSA) is 66.5 Å². The Kier molecular flexibility index (Phi) is 4.20. The number of halogens is 2. The van der Waals surface area contributed by atoms with Crippen LogP contribution in [-0.4, -0.2) is 26.0 Å². The molecule has 2 bridgehead atoms. The third-order valence-corrected chi connectivity index (χ3v) is 7.35. The number of benzene rings is 1. The molecule has 7 rings (SSSR count). The molecular weight excluding hydrogens is 396 g/mol. The van der Waals surface area contributed by atoms with Crippen molar-refractivity contribution in [1.29, 1.82) is 0 Å². The van der Waals surface area contributed by atoms with Crippen LogP contribution >= 0.6 is 0 Å². The number of pyridine rings is 1. The first-order chi connectivity index (χ1) is 15.1. The number of nitrogens with zero attached hydrogens (tertiary/aromatic N) is 3. The summed E-state index contributed by atoms with van der Waals surface area (Å²) in [5.74, 6) is 2.04. The molecule has 2 atom stereocenters. The van der Waals surface area contributed by atoms with Gasteiger partial charge in [0.25, 0.3) is 0 Å². The van der Waals surface area contributed by atoms with Gasteiger partial charge in [-0.25, -0.2) is 23.7 Å². The van der Waals surface area contributed by atoms with Crippen LogP contribution in [0.4, 0.5) is 14.6 Å². The number of anilines is 1. The van der Waals surface area contributed by atoms with Gasteiger partial charge in [-0.1, -0.05) is 13.0 Å². The van der Waals surface area contributed by atoms with E-state index in [0.29, 0.717) is 51.5 Å². The molecule has 3 aliphatic rings. The second-order valence-electron chi connectivity index (χ2n) is 8.99. The summed E-state index contributed by atoms with van der Waals surface area (Å²) in [7, 11) is 0. The number of aromatic nitrogens is 4. The zero-order valence-corrected chi connectivity index (χ0v) is 17.2. The van der Waals surface area contributed by atoms with E-state index in [0.717, 1.165) is 12.1 Å². The lowest BCUT2D eigenvalue weighted by Crippen LogP contribution is -2.47. The van der Waals surface area contributed by atoms with Crippen molar-refractivity contribution >= 4 is 27.8 Å². The quantitative estimate of drug-likeness (QED) is 0.448. The highest BCUT2D eigenvalue weighted by Crippen LogP contribution is 2.46. The molecule has 3 heterocycles. The molecule has 31 heavy (non-hydrogen) atoms. The largest absolute Gasteiger partial charge is 0.366 e. The first-order valence-electron chi connectivity index (χ1n) is 10.9. The summed E-state index contributed by atoms with van der Waals surface area (Å²) in [6.45, 7) is 2.31. The summed E-state index contributed by atoms with van der Waals surface area (Å²) in [5, 5.41) is 4.92. The van der Waals surface area contributed by atoms with Crippen molar-refractivity contribution in [2.24, 2.45) is 17.8 Å². The fraction of sp³-hybridized carbons (Fsp3) is 0.375. The molecule has 3 aliphatic carbocycles. The molecule has 158 valence electrons. The summed E-state index contributed by atoms with van der Waals surface area (Å²) < 4.78 is 28.6. The zero-order chi connectivity index (χ0) is 21.1. The number of hydrogen-bond acceptors (Lipinski definition) is 4. The Hall–Kier alpha value is -3.09. The van der Waals surface area contributed by atoms with Crippen molar-refractivity contribution in [1.82, 2.24) is 19.9 Å². The van der Waals surface area contributed by atoms with Crippen LogP contribution in [0.1, 0.15) is 32.6 Å². The van der Waals surface area contributed by atoms with Gasteiger partial charge in [-0.2, -0.15) is 0 Å². The Bertz CT molecular complexity index is 1290. The minimum atomic E-state index is -0.439. The summed E-state index contributed by atoms with van der Waals surface area (Å²) in [5.41, 5.74) is 1.41. The molecule has 0 unspecified atom stereocenters. The van der Waals surface area contributed by atoms with E-state index in [-0.39, 0.29) is 5.52 Å². The van der Waals surface area contributed by atoms with Crippen LogP contribution in [0.3, 0.4) is 0 Å². The van der Waals surface area contributed by atoms with E-state index in [1.807, 2.05) is 6.07 Å². The van der Waals surface area contributed by atoms with Crippen LogP contribution in [0.2, 0.25) is 0 Å². The Balaban J connectivity index is 1.51. The second-order valence-corrected chi connectivity index (χ2v) is 8.99. The maximum atomic E-state index is 14.8. The highest BCUT2D eigenvalue weighted by Gasteiger charge is 2.41. The number of hydrogen-bond donors (Lipinski definition) is 2. The van der Waals surface area contributed by atoms with E-state index < -0.39 is 11.6 Å². The van der Waals surface area contributed by atoms with Crippen molar-refractivity contribution in [3.63, 3.8) is 0 Å². The Labute approximate surface area is 178 Å². The molecule has 3 fully saturated rings. The molecule has 4 aromatic rings. The second kappa shape index (κ2) is 6.97. The van der Waals surface area contributed by atoms with Crippen LogP contribution in [0.5, 0.6) is 0 Å². The molecule has 3 aromatic heterocycles. The summed E-state index contributed by atoms with van der Waals surface area (Å²) in [4.78, 5) is 16.5. The molecule has 5 nitrogen and oxygen atoms in total. The van der Waals surface area contributed by atoms with Crippen molar-refractivity contribution in [2.75, 3.05) is 5.32 Å². The first-order valence-corrected chi connectivity index (χ1v) is 10.9. The van der Waals surface area contributed by atoms with E-state index in [4.69, 9.17) is 4.98 Å². The first kappa shape index (κ1) is 18.7. The summed E-state index contributed by atoms with van der Waals surface area (Å²) in [6.07, 6.45) is 7.91. The maximum Gasteiger partial charge on any atom is 0.164 e. The van der Waals surface area contributed by atoms with Crippen LogP contribution in [0, 0.1) is 29.4 Å². The van der Waals surface area contributed by atoms with Gasteiger partial charge in [0.1, 0.15) is 28.6 Å². The van der Waals surface area contributed by atoms with Gasteiger partial charge < -0.3 is 10.3 Å². The zero-order valence-electron chi connectivity index (χ0n) is 17.2. The van der Waals surface area contributed by atoms with Gasteiger partial charge in [0, 0.05) is 28.6 Å². The highest BCUT2D eigenvalue weighted by molar-refractivity contribution is 5.95. The smallest absolute Gasteiger partial charge is 0.164 e. The van der Waals surface area contributed by atoms with Gasteiger partial charge >= 0.3 is 0 Å². The van der Waals surface area contributed by atoms with Gasteiger partial charge in [0.05, 0.1) is 6.20 Å². The number of aromatic amines is 1. The van der Waals surface area contributed by atoms with Crippen LogP contribution < -0.4 is 5.32 Å². The molecule has 3 saturated carbocycles. The van der Waals surface area contributed by atoms with Gasteiger partial charge in [-0.3, -0.25) is 0 Å². The molecule has 0 amide bonds. The van der Waals surface area contributed by atoms with E-state index in [2.05, 4.69) is 27.2 Å². The van der Waals surface area contributed by atoms with Crippen LogP contribution in [-0.2, 0) is 0 Å². The lowest BCUT2D eigenvalue weighted by Gasteiger charge is -2.47. The van der Waals surface area contributed by atoms with Gasteiger partial charge in [-0.05, 0) is 61.6 Å². The molecular formula is C24H23F2N5. The van der Waals surface area contributed by atoms with Crippen LogP contribution in [0.25, 0.3) is 33.3 Å². The lowest BCUT2D eigenvalue weighted by molar-refractivity contribution is 0.0929. The van der Waals surface area contributed by atoms with Crippen molar-refractivity contribution < 1.29 is 8.78 Å². The Morgan fingerprint density at radius 1 is 1.03 bits per heavy atom. The number of rotatable bonds is 3. The van der Waals surface area contributed by atoms with E-state index in [1.165, 1.54) is 37.8 Å². The summed E-state index contributed by atoms with van der Waals surface area (Å²) in [6, 6.07) is 6.66. The maximum absolute atomic E-state index is 14.8. The van der Waals surface area contributed by atoms with E-state index in [9.17, 15) is 8.78 Å². The third-order valence-electron chi connectivity index (χ3n) is 7.35. The normalized spacial score (nSPS) is 25.4. The minimum absolute atomic E-state index is 0.266. The standard InChI is InChI=1S/C24H23F2N5/c1-12-13-5-7-14(8-6-13)20(12)29-23-16-3-2-4-19(26)21(16)30-24(31-23)18-11-28-22-17(18)9-15(25)10-27-22/h2-4,9-14,20H,5-8H2,1H3,(H,27,28)(H,29,30,31)/t12-,13?,14?,20+/m0/s1. The predicted octanol–water partition coefficient (Wildman–Crippen LogP) is 5.69. The molecule has 0 spiro atoms. The number of H-pyrrole nitrogens is 1.